The summed E-state index contributed by atoms with van der Waals surface area (Å²) in [4.78, 5) is 103. The largest absolute Gasteiger partial charge is 0.495 e. The van der Waals surface area contributed by atoms with Gasteiger partial charge in [-0.25, -0.2) is 9.37 Å². The van der Waals surface area contributed by atoms with Crippen LogP contribution >= 0.6 is 0 Å². The number of hydrogen-bond donors (Lipinski definition) is 4. The summed E-state index contributed by atoms with van der Waals surface area (Å²) < 4.78 is 62.7. The van der Waals surface area contributed by atoms with Crippen molar-refractivity contribution in [2.24, 2.45) is 0 Å². The number of halogens is 3. The third-order valence-electron chi connectivity index (χ3n) is 14.2. The van der Waals surface area contributed by atoms with Gasteiger partial charge in [0.15, 0.2) is 5.82 Å². The number of aromatic nitrogens is 2. The predicted molar refractivity (Wildman–Crippen MR) is 264 cm³/mol. The lowest BCUT2D eigenvalue weighted by Crippen LogP contribution is -2.54. The zero-order valence-electron chi connectivity index (χ0n) is 41.7. The van der Waals surface area contributed by atoms with E-state index >= 15 is 13.2 Å². The van der Waals surface area contributed by atoms with E-state index in [-0.39, 0.29) is 82.8 Å². The van der Waals surface area contributed by atoms with E-state index in [1.807, 2.05) is 0 Å². The molecule has 3 aromatic rings. The monoisotopic (exact) mass is 1030 g/mol. The Balaban J connectivity index is 0.676. The number of imide groups is 2. The van der Waals surface area contributed by atoms with Gasteiger partial charge in [0.2, 0.25) is 23.7 Å². The maximum Gasteiger partial charge on any atom is 0.342 e. The summed E-state index contributed by atoms with van der Waals surface area (Å²) in [5.74, 6) is -9.11. The summed E-state index contributed by atoms with van der Waals surface area (Å²) in [7, 11) is 2.64. The Hall–Kier alpha value is -6.72. The fourth-order valence-electron chi connectivity index (χ4n) is 10.2. The summed E-state index contributed by atoms with van der Waals surface area (Å²) in [5.41, 5.74) is 0.281. The smallest absolute Gasteiger partial charge is 0.342 e. The highest BCUT2D eigenvalue weighted by Gasteiger charge is 2.49. The normalized spacial score (nSPS) is 19.3. The number of fused-ring (bicyclic) bond motifs is 2. The zero-order valence-corrected chi connectivity index (χ0v) is 41.7. The Morgan fingerprint density at radius 3 is 2.31 bits per heavy atom. The Kier molecular flexibility index (Phi) is 17.4. The molecule has 0 radical (unpaired) electrons. The number of anilines is 5. The van der Waals surface area contributed by atoms with E-state index in [9.17, 15) is 33.6 Å². The molecule has 7 amide bonds. The lowest BCUT2D eigenvalue weighted by atomic mass is 10.0. The van der Waals surface area contributed by atoms with Crippen molar-refractivity contribution in [3.05, 3.63) is 59.0 Å². The first-order valence-corrected chi connectivity index (χ1v) is 25.4. The van der Waals surface area contributed by atoms with E-state index in [0.717, 1.165) is 86.9 Å². The highest BCUT2D eigenvalue weighted by molar-refractivity contribution is 6.26. The molecule has 74 heavy (non-hydrogen) atoms. The maximum atomic E-state index is 15.6. The molecule has 0 spiro atoms. The van der Waals surface area contributed by atoms with Crippen LogP contribution in [0.2, 0.25) is 0 Å². The van der Waals surface area contributed by atoms with Gasteiger partial charge in [0.25, 0.3) is 23.6 Å². The summed E-state index contributed by atoms with van der Waals surface area (Å²) in [6, 6.07) is 5.41. The summed E-state index contributed by atoms with van der Waals surface area (Å²) in [5, 5.41) is 10.7. The molecule has 5 heterocycles. The fraction of sp³-hybridized carbons (Fsp3) is 0.549. The molecule has 398 valence electrons. The molecular formula is C51H63F3N10O10. The van der Waals surface area contributed by atoms with Crippen molar-refractivity contribution >= 4 is 70.2 Å². The Morgan fingerprint density at radius 2 is 1.59 bits per heavy atom. The summed E-state index contributed by atoms with van der Waals surface area (Å²) in [6.07, 6.45) is 11.5. The molecule has 1 saturated carbocycles. The second kappa shape index (κ2) is 24.1. The molecule has 4 aliphatic heterocycles. The third kappa shape index (κ3) is 12.4. The molecule has 1 aliphatic carbocycles. The average molecular weight is 1030 g/mol. The van der Waals surface area contributed by atoms with E-state index in [1.54, 1.807) is 0 Å². The SMILES string of the molecule is COc1cc(C(=O)NC2CCN(CCOCCCCCCCCOCC(=O)Nc3cccc4c3C(=O)N(C3CCC(=O)NC3=O)C4=O)CC2)c(F)cc1Nc1ncc2c(n1)N(C1CCCC1)CC(F)(F)C(=O)N2C. The number of likely N-dealkylation sites (tertiary alicyclic amines) is 1. The number of nitrogens with one attached hydrogen (secondary N) is 4. The molecule has 1 unspecified atom stereocenters. The van der Waals surface area contributed by atoms with Crippen LogP contribution in [-0.4, -0.2) is 152 Å². The Morgan fingerprint density at radius 1 is 0.878 bits per heavy atom. The van der Waals surface area contributed by atoms with Crippen molar-refractivity contribution in [3.63, 3.8) is 0 Å². The van der Waals surface area contributed by atoms with Crippen molar-refractivity contribution in [3.8, 4) is 5.75 Å². The van der Waals surface area contributed by atoms with Crippen molar-refractivity contribution in [2.75, 3.05) is 87.2 Å². The van der Waals surface area contributed by atoms with Crippen LogP contribution in [0.15, 0.2) is 36.5 Å². The maximum absolute atomic E-state index is 15.6. The van der Waals surface area contributed by atoms with Gasteiger partial charge in [-0.2, -0.15) is 13.8 Å². The minimum absolute atomic E-state index is 0.00185. The van der Waals surface area contributed by atoms with Crippen LogP contribution in [0, 0.1) is 5.82 Å². The molecule has 2 saturated heterocycles. The minimum atomic E-state index is -3.64. The number of rotatable bonds is 22. The first-order valence-electron chi connectivity index (χ1n) is 25.4. The number of benzene rings is 2. The second-order valence-corrected chi connectivity index (χ2v) is 19.3. The van der Waals surface area contributed by atoms with Gasteiger partial charge >= 0.3 is 5.92 Å². The molecule has 8 rings (SSSR count). The standard InChI is InChI=1S/C51H63F3N10O10/c1-61-39-28-55-50(60-44(39)63(32-12-7-8-13-32)30-51(53,54)49(61)71)58-37-27-35(52)34(26-40(37)72-2)45(67)56-31-18-20-62(21-19-31)22-25-73-23-9-5-3-4-6-10-24-74-29-42(66)57-36-15-11-14-33-43(36)48(70)64(47(33)69)38-16-17-41(65)59-46(38)68/h11,14-15,26-28,31-32,38H,3-10,12-13,16-25,29-30H2,1-2H3,(H,56,67)(H,57,66)(H,55,58,60)(H,59,65,68). The third-order valence-corrected chi connectivity index (χ3v) is 14.2. The summed E-state index contributed by atoms with van der Waals surface area (Å²) >= 11 is 0. The number of methoxy groups -OCH3 is 1. The van der Waals surface area contributed by atoms with Crippen molar-refractivity contribution in [1.29, 1.82) is 0 Å². The number of carbonyl (C=O) groups is 7. The van der Waals surface area contributed by atoms with Gasteiger partial charge in [-0.15, -0.1) is 0 Å². The van der Waals surface area contributed by atoms with E-state index in [4.69, 9.17) is 14.2 Å². The van der Waals surface area contributed by atoms with Gasteiger partial charge in [0.05, 0.1) is 54.5 Å². The number of ether oxygens (including phenoxy) is 3. The molecule has 23 heteroatoms. The molecule has 2 aromatic carbocycles. The van der Waals surface area contributed by atoms with Gasteiger partial charge in [-0.1, -0.05) is 44.6 Å². The molecule has 1 atom stereocenters. The van der Waals surface area contributed by atoms with E-state index < -0.39 is 65.7 Å². The summed E-state index contributed by atoms with van der Waals surface area (Å²) in [6.45, 7) is 2.78. The number of hydrogen-bond acceptors (Lipinski definition) is 15. The van der Waals surface area contributed by atoms with Gasteiger partial charge < -0.3 is 44.9 Å². The van der Waals surface area contributed by atoms with Gasteiger partial charge in [-0.05, 0) is 63.1 Å². The van der Waals surface area contributed by atoms with Crippen molar-refractivity contribution in [1.82, 2.24) is 30.4 Å². The van der Waals surface area contributed by atoms with Gasteiger partial charge in [-0.3, -0.25) is 43.8 Å². The Bertz CT molecular complexity index is 2610. The number of alkyl halides is 2. The van der Waals surface area contributed by atoms with Crippen molar-refractivity contribution < 1.29 is 60.9 Å². The van der Waals surface area contributed by atoms with E-state index in [0.29, 0.717) is 45.5 Å². The van der Waals surface area contributed by atoms with E-state index in [2.05, 4.69) is 36.1 Å². The molecule has 3 fully saturated rings. The molecule has 0 bridgehead atoms. The number of nitrogens with zero attached hydrogens (tertiary/aromatic N) is 6. The topological polar surface area (TPSA) is 234 Å². The van der Waals surface area contributed by atoms with Crippen LogP contribution in [0.5, 0.6) is 5.75 Å². The molecular weight excluding hydrogens is 970 g/mol. The minimum Gasteiger partial charge on any atom is -0.495 e. The highest BCUT2D eigenvalue weighted by Crippen LogP contribution is 2.40. The van der Waals surface area contributed by atoms with Crippen molar-refractivity contribution in [2.45, 2.75) is 114 Å². The second-order valence-electron chi connectivity index (χ2n) is 19.3. The number of piperidine rings is 2. The van der Waals surface area contributed by atoms with E-state index in [1.165, 1.54) is 49.5 Å². The number of amides is 7. The number of carbonyl (C=O) groups excluding carboxylic acids is 7. The molecule has 5 aliphatic rings. The van der Waals surface area contributed by atoms with Crippen LogP contribution in [0.25, 0.3) is 0 Å². The predicted octanol–water partition coefficient (Wildman–Crippen LogP) is 5.34. The highest BCUT2D eigenvalue weighted by atomic mass is 19.3. The molecule has 1 aromatic heterocycles. The van der Waals surface area contributed by atoms with Crippen LogP contribution < -0.4 is 35.8 Å². The van der Waals surface area contributed by atoms with Crippen LogP contribution in [-0.2, 0) is 28.7 Å². The van der Waals surface area contributed by atoms with Gasteiger partial charge in [0, 0.05) is 64.5 Å². The average Bonchev–Trinajstić information content (AvgIpc) is 3.99. The van der Waals surface area contributed by atoms with Gasteiger partial charge in [0.1, 0.15) is 29.9 Å². The zero-order chi connectivity index (χ0) is 52.5. The van der Waals surface area contributed by atoms with Crippen LogP contribution in [0.3, 0.4) is 0 Å². The van der Waals surface area contributed by atoms with Crippen LogP contribution in [0.1, 0.15) is 121 Å². The fourth-order valence-corrected chi connectivity index (χ4v) is 10.2. The molecule has 20 nitrogen and oxygen atoms in total. The van der Waals surface area contributed by atoms with Crippen LogP contribution in [0.4, 0.5) is 42.0 Å². The first kappa shape index (κ1) is 53.6. The first-order chi connectivity index (χ1) is 35.6. The quantitative estimate of drug-likeness (QED) is 0.0735. The molecule has 4 N–H and O–H groups in total. The lowest BCUT2D eigenvalue weighted by molar-refractivity contribution is -0.140. The Labute approximate surface area is 426 Å². The number of unbranched alkanes of at least 4 members (excludes halogenated alkanes) is 5. The lowest BCUT2D eigenvalue weighted by Gasteiger charge is -2.32.